The minimum atomic E-state index is 0.598. The van der Waals surface area contributed by atoms with E-state index in [0.29, 0.717) is 5.92 Å². The first-order valence-corrected chi connectivity index (χ1v) is 5.09. The minimum Gasteiger partial charge on any atom is -0.497 e. The molecule has 2 N–H and O–H groups in total. The van der Waals surface area contributed by atoms with Crippen LogP contribution in [0.2, 0.25) is 0 Å². The molecule has 0 aliphatic carbocycles. The molecule has 0 saturated heterocycles. The number of aryl methyl sites for hydroxylation is 1. The lowest BCUT2D eigenvalue weighted by atomic mass is 10.0. The maximum absolute atomic E-state index is 5.57. The van der Waals surface area contributed by atoms with Crippen molar-refractivity contribution in [2.24, 2.45) is 11.7 Å². The zero-order valence-corrected chi connectivity index (χ0v) is 8.99. The zero-order valence-electron chi connectivity index (χ0n) is 8.99. The highest BCUT2D eigenvalue weighted by Gasteiger charge is 2.00. The van der Waals surface area contributed by atoms with Crippen molar-refractivity contribution in [2.45, 2.75) is 19.8 Å². The third kappa shape index (κ3) is 3.38. The van der Waals surface area contributed by atoms with E-state index in [2.05, 4.69) is 19.1 Å². The average molecular weight is 193 g/mol. The summed E-state index contributed by atoms with van der Waals surface area (Å²) in [5.41, 5.74) is 6.89. The van der Waals surface area contributed by atoms with E-state index in [1.807, 2.05) is 12.1 Å². The van der Waals surface area contributed by atoms with E-state index in [4.69, 9.17) is 10.5 Å². The smallest absolute Gasteiger partial charge is 0.119 e. The van der Waals surface area contributed by atoms with Crippen LogP contribution in [0.1, 0.15) is 18.9 Å². The van der Waals surface area contributed by atoms with Crippen molar-refractivity contribution in [1.82, 2.24) is 0 Å². The summed E-state index contributed by atoms with van der Waals surface area (Å²) in [5, 5.41) is 0. The van der Waals surface area contributed by atoms with Gasteiger partial charge in [-0.3, -0.25) is 0 Å². The number of benzene rings is 1. The number of ether oxygens (including phenoxy) is 1. The molecule has 14 heavy (non-hydrogen) atoms. The summed E-state index contributed by atoms with van der Waals surface area (Å²) in [4.78, 5) is 0. The summed E-state index contributed by atoms with van der Waals surface area (Å²) in [5.74, 6) is 1.53. The van der Waals surface area contributed by atoms with Gasteiger partial charge in [-0.1, -0.05) is 19.1 Å². The van der Waals surface area contributed by atoms with Crippen LogP contribution in [-0.4, -0.2) is 13.7 Å². The van der Waals surface area contributed by atoms with Gasteiger partial charge < -0.3 is 10.5 Å². The van der Waals surface area contributed by atoms with Gasteiger partial charge in [-0.25, -0.2) is 0 Å². The van der Waals surface area contributed by atoms with Gasteiger partial charge in [0.2, 0.25) is 0 Å². The highest BCUT2D eigenvalue weighted by molar-refractivity contribution is 5.28. The SMILES string of the molecule is COc1cccc(CCC(C)CN)c1. The lowest BCUT2D eigenvalue weighted by molar-refractivity contribution is 0.414. The van der Waals surface area contributed by atoms with Crippen molar-refractivity contribution in [1.29, 1.82) is 0 Å². The van der Waals surface area contributed by atoms with Gasteiger partial charge in [-0.15, -0.1) is 0 Å². The van der Waals surface area contributed by atoms with Gasteiger partial charge in [0.05, 0.1) is 7.11 Å². The molecule has 0 bridgehead atoms. The highest BCUT2D eigenvalue weighted by atomic mass is 16.5. The Kier molecular flexibility index (Phi) is 4.47. The minimum absolute atomic E-state index is 0.598. The zero-order chi connectivity index (χ0) is 10.4. The molecule has 2 nitrogen and oxygen atoms in total. The predicted octanol–water partition coefficient (Wildman–Crippen LogP) is 2.22. The first kappa shape index (κ1) is 11.1. The third-order valence-corrected chi connectivity index (χ3v) is 2.46. The van der Waals surface area contributed by atoms with Gasteiger partial charge in [-0.05, 0) is 43.0 Å². The van der Waals surface area contributed by atoms with E-state index in [1.165, 1.54) is 5.56 Å². The summed E-state index contributed by atoms with van der Waals surface area (Å²) in [6.45, 7) is 2.95. The van der Waals surface area contributed by atoms with Crippen LogP contribution in [0.4, 0.5) is 0 Å². The van der Waals surface area contributed by atoms with Crippen molar-refractivity contribution in [3.05, 3.63) is 29.8 Å². The lowest BCUT2D eigenvalue weighted by Gasteiger charge is -2.08. The Morgan fingerprint density at radius 1 is 1.43 bits per heavy atom. The molecule has 1 atom stereocenters. The Labute approximate surface area is 86.1 Å². The van der Waals surface area contributed by atoms with Crippen molar-refractivity contribution in [3.63, 3.8) is 0 Å². The third-order valence-electron chi connectivity index (χ3n) is 2.46. The molecule has 1 aromatic rings. The second kappa shape index (κ2) is 5.66. The number of hydrogen-bond donors (Lipinski definition) is 1. The van der Waals surface area contributed by atoms with Crippen LogP contribution < -0.4 is 10.5 Å². The molecular formula is C12H19NO. The molecule has 0 radical (unpaired) electrons. The largest absolute Gasteiger partial charge is 0.497 e. The van der Waals surface area contributed by atoms with Crippen LogP contribution in [0.15, 0.2) is 24.3 Å². The van der Waals surface area contributed by atoms with E-state index in [0.717, 1.165) is 25.1 Å². The van der Waals surface area contributed by atoms with E-state index < -0.39 is 0 Å². The Morgan fingerprint density at radius 3 is 2.86 bits per heavy atom. The van der Waals surface area contributed by atoms with Gasteiger partial charge >= 0.3 is 0 Å². The van der Waals surface area contributed by atoms with Gasteiger partial charge in [0.1, 0.15) is 5.75 Å². The molecular weight excluding hydrogens is 174 g/mol. The van der Waals surface area contributed by atoms with E-state index >= 15 is 0 Å². The molecule has 2 heteroatoms. The fraction of sp³-hybridized carbons (Fsp3) is 0.500. The van der Waals surface area contributed by atoms with Crippen molar-refractivity contribution >= 4 is 0 Å². The molecule has 78 valence electrons. The molecule has 0 aliphatic rings. The summed E-state index contributed by atoms with van der Waals surface area (Å²) >= 11 is 0. The molecule has 0 spiro atoms. The van der Waals surface area contributed by atoms with Crippen molar-refractivity contribution in [2.75, 3.05) is 13.7 Å². The van der Waals surface area contributed by atoms with E-state index in [-0.39, 0.29) is 0 Å². The summed E-state index contributed by atoms with van der Waals surface area (Å²) in [6, 6.07) is 8.21. The maximum atomic E-state index is 5.57. The van der Waals surface area contributed by atoms with Crippen LogP contribution in [0, 0.1) is 5.92 Å². The highest BCUT2D eigenvalue weighted by Crippen LogP contribution is 2.15. The summed E-state index contributed by atoms with van der Waals surface area (Å²) in [7, 11) is 1.70. The summed E-state index contributed by atoms with van der Waals surface area (Å²) in [6.07, 6.45) is 2.22. The molecule has 0 amide bonds. The van der Waals surface area contributed by atoms with E-state index in [1.54, 1.807) is 7.11 Å². The van der Waals surface area contributed by atoms with Crippen molar-refractivity contribution in [3.8, 4) is 5.75 Å². The summed E-state index contributed by atoms with van der Waals surface area (Å²) < 4.78 is 5.16. The predicted molar refractivity (Wildman–Crippen MR) is 59.5 cm³/mol. The fourth-order valence-electron chi connectivity index (χ4n) is 1.36. The van der Waals surface area contributed by atoms with Crippen molar-refractivity contribution < 1.29 is 4.74 Å². The van der Waals surface area contributed by atoms with Gasteiger partial charge in [0, 0.05) is 0 Å². The number of rotatable bonds is 5. The van der Waals surface area contributed by atoms with E-state index in [9.17, 15) is 0 Å². The van der Waals surface area contributed by atoms with Gasteiger partial charge in [0.25, 0.3) is 0 Å². The first-order chi connectivity index (χ1) is 6.76. The molecule has 0 fully saturated rings. The Morgan fingerprint density at radius 2 is 2.21 bits per heavy atom. The molecule has 1 aromatic carbocycles. The average Bonchev–Trinajstić information content (AvgIpc) is 2.26. The van der Waals surface area contributed by atoms with Crippen LogP contribution in [0.25, 0.3) is 0 Å². The molecule has 1 unspecified atom stereocenters. The molecule has 0 heterocycles. The van der Waals surface area contributed by atoms with Crippen LogP contribution in [0.5, 0.6) is 5.75 Å². The standard InChI is InChI=1S/C12H19NO/c1-10(9-13)6-7-11-4-3-5-12(8-11)14-2/h3-5,8,10H,6-7,9,13H2,1-2H3. The number of methoxy groups -OCH3 is 1. The number of hydrogen-bond acceptors (Lipinski definition) is 2. The second-order valence-corrected chi connectivity index (χ2v) is 3.73. The number of nitrogens with two attached hydrogens (primary N) is 1. The lowest BCUT2D eigenvalue weighted by Crippen LogP contribution is -2.11. The van der Waals surface area contributed by atoms with Crippen LogP contribution in [0.3, 0.4) is 0 Å². The molecule has 0 aliphatic heterocycles. The Bertz CT molecular complexity index is 273. The Hall–Kier alpha value is -1.02. The van der Waals surface area contributed by atoms with Gasteiger partial charge in [0.15, 0.2) is 0 Å². The molecule has 1 rings (SSSR count). The molecule has 0 aromatic heterocycles. The second-order valence-electron chi connectivity index (χ2n) is 3.73. The van der Waals surface area contributed by atoms with Gasteiger partial charge in [-0.2, -0.15) is 0 Å². The monoisotopic (exact) mass is 193 g/mol. The fourth-order valence-corrected chi connectivity index (χ4v) is 1.36. The Balaban J connectivity index is 2.50. The normalized spacial score (nSPS) is 12.5. The first-order valence-electron chi connectivity index (χ1n) is 5.09. The maximum Gasteiger partial charge on any atom is 0.119 e. The van der Waals surface area contributed by atoms with Crippen LogP contribution >= 0.6 is 0 Å². The topological polar surface area (TPSA) is 35.2 Å². The quantitative estimate of drug-likeness (QED) is 0.778. The molecule has 0 saturated carbocycles. The van der Waals surface area contributed by atoms with Crippen LogP contribution in [-0.2, 0) is 6.42 Å².